The zero-order chi connectivity index (χ0) is 14.5. The van der Waals surface area contributed by atoms with Gasteiger partial charge in [-0.25, -0.2) is 9.97 Å². The van der Waals surface area contributed by atoms with Crippen molar-refractivity contribution in [2.24, 2.45) is 0 Å². The highest BCUT2D eigenvalue weighted by Gasteiger charge is 2.10. The minimum absolute atomic E-state index is 0.576. The summed E-state index contributed by atoms with van der Waals surface area (Å²) < 4.78 is 5.21. The molecular formula is C14H17ClN4O. The van der Waals surface area contributed by atoms with Crippen LogP contribution in [0.15, 0.2) is 24.5 Å². The predicted octanol–water partition coefficient (Wildman–Crippen LogP) is 3.49. The Labute approximate surface area is 123 Å². The smallest absolute Gasteiger partial charge is 0.139 e. The average Bonchev–Trinajstić information content (AvgIpc) is 2.48. The van der Waals surface area contributed by atoms with Crippen LogP contribution in [0.5, 0.6) is 5.75 Å². The van der Waals surface area contributed by atoms with Crippen LogP contribution in [0.3, 0.4) is 0 Å². The molecule has 20 heavy (non-hydrogen) atoms. The number of rotatable bonds is 5. The van der Waals surface area contributed by atoms with Crippen LogP contribution < -0.4 is 15.4 Å². The summed E-state index contributed by atoms with van der Waals surface area (Å²) in [5, 5.41) is 6.91. The third-order valence-electron chi connectivity index (χ3n) is 2.95. The minimum atomic E-state index is 0.576. The molecule has 1 aromatic heterocycles. The molecule has 0 aliphatic heterocycles. The van der Waals surface area contributed by atoms with Crippen molar-refractivity contribution in [3.8, 4) is 5.75 Å². The Balaban J connectivity index is 2.34. The van der Waals surface area contributed by atoms with E-state index >= 15 is 0 Å². The average molecular weight is 293 g/mol. The first-order valence-electron chi connectivity index (χ1n) is 6.31. The maximum absolute atomic E-state index is 6.02. The summed E-state index contributed by atoms with van der Waals surface area (Å²) in [5.41, 5.74) is 1.89. The van der Waals surface area contributed by atoms with Crippen molar-refractivity contribution in [3.05, 3.63) is 35.1 Å². The first-order valence-corrected chi connectivity index (χ1v) is 6.69. The number of hydrogen-bond acceptors (Lipinski definition) is 5. The fourth-order valence-corrected chi connectivity index (χ4v) is 2.14. The SMILES string of the molecule is CCc1c(NC)ncnc1Nc1ccc(Cl)c(OC)c1. The van der Waals surface area contributed by atoms with Gasteiger partial charge in [0, 0.05) is 24.4 Å². The number of methoxy groups -OCH3 is 1. The minimum Gasteiger partial charge on any atom is -0.495 e. The van der Waals surface area contributed by atoms with Gasteiger partial charge in [0.05, 0.1) is 12.1 Å². The van der Waals surface area contributed by atoms with Crippen LogP contribution in [0.4, 0.5) is 17.3 Å². The van der Waals surface area contributed by atoms with Gasteiger partial charge in [-0.15, -0.1) is 0 Å². The summed E-state index contributed by atoms with van der Waals surface area (Å²) in [4.78, 5) is 8.51. The second kappa shape index (κ2) is 6.43. The summed E-state index contributed by atoms with van der Waals surface area (Å²) in [6, 6.07) is 5.50. The number of ether oxygens (including phenoxy) is 1. The van der Waals surface area contributed by atoms with Gasteiger partial charge in [-0.2, -0.15) is 0 Å². The highest BCUT2D eigenvalue weighted by molar-refractivity contribution is 6.32. The second-order valence-electron chi connectivity index (χ2n) is 4.13. The van der Waals surface area contributed by atoms with Crippen molar-refractivity contribution in [2.75, 3.05) is 24.8 Å². The molecule has 0 atom stereocenters. The quantitative estimate of drug-likeness (QED) is 0.883. The molecule has 0 radical (unpaired) electrons. The van der Waals surface area contributed by atoms with Gasteiger partial charge < -0.3 is 15.4 Å². The standard InChI is InChI=1S/C14H17ClN4O/c1-4-10-13(16-2)17-8-18-14(10)19-9-5-6-11(15)12(7-9)20-3/h5-8H,4H2,1-3H3,(H2,16,17,18,19). The summed E-state index contributed by atoms with van der Waals surface area (Å²) in [6.07, 6.45) is 2.35. The van der Waals surface area contributed by atoms with Crippen LogP contribution in [-0.2, 0) is 6.42 Å². The number of nitrogens with one attached hydrogen (secondary N) is 2. The fraction of sp³-hybridized carbons (Fsp3) is 0.286. The van der Waals surface area contributed by atoms with Gasteiger partial charge in [0.1, 0.15) is 23.7 Å². The van der Waals surface area contributed by atoms with E-state index in [4.69, 9.17) is 16.3 Å². The Hall–Kier alpha value is -2.01. The highest BCUT2D eigenvalue weighted by Crippen LogP contribution is 2.30. The molecule has 106 valence electrons. The van der Waals surface area contributed by atoms with Gasteiger partial charge in [-0.1, -0.05) is 18.5 Å². The van der Waals surface area contributed by atoms with Crippen molar-refractivity contribution in [3.63, 3.8) is 0 Å². The lowest BCUT2D eigenvalue weighted by atomic mass is 10.2. The van der Waals surface area contributed by atoms with Crippen LogP contribution in [0.1, 0.15) is 12.5 Å². The topological polar surface area (TPSA) is 59.1 Å². The molecule has 0 amide bonds. The molecule has 6 heteroatoms. The van der Waals surface area contributed by atoms with E-state index in [1.54, 1.807) is 13.2 Å². The van der Waals surface area contributed by atoms with E-state index in [0.717, 1.165) is 29.3 Å². The lowest BCUT2D eigenvalue weighted by Crippen LogP contribution is -2.04. The molecule has 0 bridgehead atoms. The first kappa shape index (κ1) is 14.4. The molecule has 0 fully saturated rings. The highest BCUT2D eigenvalue weighted by atomic mass is 35.5. The van der Waals surface area contributed by atoms with Crippen LogP contribution in [0.2, 0.25) is 5.02 Å². The van der Waals surface area contributed by atoms with Gasteiger partial charge in [-0.3, -0.25) is 0 Å². The van der Waals surface area contributed by atoms with Crippen LogP contribution >= 0.6 is 11.6 Å². The third kappa shape index (κ3) is 2.93. The molecule has 0 saturated carbocycles. The van der Waals surface area contributed by atoms with Crippen LogP contribution in [-0.4, -0.2) is 24.1 Å². The van der Waals surface area contributed by atoms with Crippen molar-refractivity contribution in [1.82, 2.24) is 9.97 Å². The van der Waals surface area contributed by atoms with Gasteiger partial charge in [0.25, 0.3) is 0 Å². The molecule has 0 unspecified atom stereocenters. The molecule has 0 spiro atoms. The Morgan fingerprint density at radius 3 is 2.65 bits per heavy atom. The molecule has 5 nitrogen and oxygen atoms in total. The third-order valence-corrected chi connectivity index (χ3v) is 3.26. The summed E-state index contributed by atoms with van der Waals surface area (Å²) in [7, 11) is 3.43. The maximum Gasteiger partial charge on any atom is 0.139 e. The Kier molecular flexibility index (Phi) is 4.63. The van der Waals surface area contributed by atoms with Gasteiger partial charge >= 0.3 is 0 Å². The number of nitrogens with zero attached hydrogens (tertiary/aromatic N) is 2. The summed E-state index contributed by atoms with van der Waals surface area (Å²) in [6.45, 7) is 2.06. The van der Waals surface area contributed by atoms with E-state index in [-0.39, 0.29) is 0 Å². The molecule has 2 N–H and O–H groups in total. The molecule has 0 aliphatic carbocycles. The molecule has 2 aromatic rings. The first-order chi connectivity index (χ1) is 9.69. The normalized spacial score (nSPS) is 10.2. The van der Waals surface area contributed by atoms with E-state index < -0.39 is 0 Å². The van der Waals surface area contributed by atoms with E-state index in [9.17, 15) is 0 Å². The van der Waals surface area contributed by atoms with Crippen molar-refractivity contribution < 1.29 is 4.74 Å². The Morgan fingerprint density at radius 2 is 2.00 bits per heavy atom. The van der Waals surface area contributed by atoms with Crippen molar-refractivity contribution in [2.45, 2.75) is 13.3 Å². The summed E-state index contributed by atoms with van der Waals surface area (Å²) in [5.74, 6) is 2.22. The zero-order valence-corrected chi connectivity index (χ0v) is 12.5. The second-order valence-corrected chi connectivity index (χ2v) is 4.53. The summed E-state index contributed by atoms with van der Waals surface area (Å²) >= 11 is 6.02. The molecule has 1 aromatic carbocycles. The zero-order valence-electron chi connectivity index (χ0n) is 11.7. The fourth-order valence-electron chi connectivity index (χ4n) is 1.94. The largest absolute Gasteiger partial charge is 0.495 e. The lowest BCUT2D eigenvalue weighted by molar-refractivity contribution is 0.415. The van der Waals surface area contributed by atoms with E-state index in [1.807, 2.05) is 19.2 Å². The van der Waals surface area contributed by atoms with Crippen LogP contribution in [0.25, 0.3) is 0 Å². The van der Waals surface area contributed by atoms with Gasteiger partial charge in [0.2, 0.25) is 0 Å². The maximum atomic E-state index is 6.02. The van der Waals surface area contributed by atoms with Crippen molar-refractivity contribution in [1.29, 1.82) is 0 Å². The monoisotopic (exact) mass is 292 g/mol. The predicted molar refractivity (Wildman–Crippen MR) is 82.2 cm³/mol. The Morgan fingerprint density at radius 1 is 1.25 bits per heavy atom. The molecule has 0 aliphatic rings. The van der Waals surface area contributed by atoms with E-state index in [0.29, 0.717) is 10.8 Å². The molecular weight excluding hydrogens is 276 g/mol. The number of anilines is 3. The number of benzene rings is 1. The van der Waals surface area contributed by atoms with E-state index in [2.05, 4.69) is 27.5 Å². The Bertz CT molecular complexity index is 604. The molecule has 0 saturated heterocycles. The van der Waals surface area contributed by atoms with Crippen molar-refractivity contribution >= 4 is 28.9 Å². The molecule has 2 rings (SSSR count). The lowest BCUT2D eigenvalue weighted by Gasteiger charge is -2.13. The van der Waals surface area contributed by atoms with Crippen LogP contribution in [0, 0.1) is 0 Å². The van der Waals surface area contributed by atoms with Gasteiger partial charge in [0.15, 0.2) is 0 Å². The number of aromatic nitrogens is 2. The number of hydrogen-bond donors (Lipinski definition) is 2. The van der Waals surface area contributed by atoms with Gasteiger partial charge in [-0.05, 0) is 18.6 Å². The van der Waals surface area contributed by atoms with E-state index in [1.165, 1.54) is 6.33 Å². The molecule has 1 heterocycles. The number of halogens is 1.